The Balaban J connectivity index is 1.76. The Morgan fingerprint density at radius 3 is 2.86 bits per heavy atom. The number of rotatable bonds is 8. The lowest BCUT2D eigenvalue weighted by Gasteiger charge is -2.13. The zero-order chi connectivity index (χ0) is 20.8. The van der Waals surface area contributed by atoms with Gasteiger partial charge < -0.3 is 10.1 Å². The molecule has 1 aromatic heterocycles. The third-order valence-electron chi connectivity index (χ3n) is 4.17. The number of methoxy groups -OCH3 is 1. The first kappa shape index (κ1) is 21.3. The Labute approximate surface area is 176 Å². The van der Waals surface area contributed by atoms with Crippen LogP contribution in [0.4, 0.5) is 4.39 Å². The highest BCUT2D eigenvalue weighted by molar-refractivity contribution is 7.99. The van der Waals surface area contributed by atoms with E-state index in [1.807, 2.05) is 0 Å². The van der Waals surface area contributed by atoms with Crippen LogP contribution >= 0.6 is 23.4 Å². The molecular formula is C20H19ClFN3O3S. The van der Waals surface area contributed by atoms with E-state index in [0.717, 1.165) is 11.8 Å². The molecule has 0 atom stereocenters. The van der Waals surface area contributed by atoms with Crippen LogP contribution in [0.25, 0.3) is 10.9 Å². The first-order chi connectivity index (χ1) is 14.0. The van der Waals surface area contributed by atoms with Crippen molar-refractivity contribution in [1.29, 1.82) is 0 Å². The van der Waals surface area contributed by atoms with Crippen LogP contribution in [-0.2, 0) is 22.6 Å². The van der Waals surface area contributed by atoms with Gasteiger partial charge in [0.05, 0.1) is 29.8 Å². The van der Waals surface area contributed by atoms with Gasteiger partial charge in [0, 0.05) is 24.2 Å². The number of amides is 1. The molecule has 0 radical (unpaired) electrons. The maximum absolute atomic E-state index is 13.7. The molecule has 3 aromatic rings. The number of nitrogens with zero attached hydrogens (tertiary/aromatic N) is 2. The summed E-state index contributed by atoms with van der Waals surface area (Å²) in [4.78, 5) is 29.5. The molecule has 0 unspecified atom stereocenters. The van der Waals surface area contributed by atoms with E-state index >= 15 is 0 Å². The number of fused-ring (bicyclic) bond motifs is 1. The van der Waals surface area contributed by atoms with Crippen LogP contribution in [0.1, 0.15) is 5.56 Å². The highest BCUT2D eigenvalue weighted by atomic mass is 35.5. The van der Waals surface area contributed by atoms with Crippen molar-refractivity contribution >= 4 is 40.2 Å². The molecule has 0 aliphatic carbocycles. The van der Waals surface area contributed by atoms with Gasteiger partial charge in [-0.25, -0.2) is 9.37 Å². The number of hydrogen-bond donors (Lipinski definition) is 1. The van der Waals surface area contributed by atoms with Gasteiger partial charge in [-0.1, -0.05) is 41.6 Å². The molecule has 6 nitrogen and oxygen atoms in total. The van der Waals surface area contributed by atoms with E-state index in [2.05, 4.69) is 10.3 Å². The summed E-state index contributed by atoms with van der Waals surface area (Å²) in [6, 6.07) is 11.1. The second kappa shape index (κ2) is 9.87. The largest absolute Gasteiger partial charge is 0.383 e. The smallest absolute Gasteiger partial charge is 0.262 e. The average Bonchev–Trinajstić information content (AvgIpc) is 2.71. The Morgan fingerprint density at radius 2 is 2.10 bits per heavy atom. The van der Waals surface area contributed by atoms with Crippen molar-refractivity contribution in [3.05, 3.63) is 69.2 Å². The summed E-state index contributed by atoms with van der Waals surface area (Å²) in [5.74, 6) is -0.640. The predicted octanol–water partition coefficient (Wildman–Crippen LogP) is 3.24. The molecule has 0 spiro atoms. The molecule has 1 amide bonds. The summed E-state index contributed by atoms with van der Waals surface area (Å²) < 4.78 is 20.2. The number of nitrogens with one attached hydrogen (secondary N) is 1. The molecule has 0 aliphatic heterocycles. The maximum atomic E-state index is 13.7. The molecule has 0 saturated carbocycles. The first-order valence-corrected chi connectivity index (χ1v) is 10.2. The van der Waals surface area contributed by atoms with Crippen LogP contribution in [0.15, 0.2) is 52.4 Å². The minimum Gasteiger partial charge on any atom is -0.383 e. The van der Waals surface area contributed by atoms with Gasteiger partial charge in [0.25, 0.3) is 5.56 Å². The van der Waals surface area contributed by atoms with Gasteiger partial charge in [-0.2, -0.15) is 0 Å². The summed E-state index contributed by atoms with van der Waals surface area (Å²) in [5, 5.41) is 3.98. The quantitative estimate of drug-likeness (QED) is 0.434. The van der Waals surface area contributed by atoms with E-state index in [1.165, 1.54) is 10.6 Å². The zero-order valence-electron chi connectivity index (χ0n) is 15.7. The van der Waals surface area contributed by atoms with E-state index in [0.29, 0.717) is 39.8 Å². The van der Waals surface area contributed by atoms with E-state index in [-0.39, 0.29) is 29.6 Å². The number of hydrogen-bond acceptors (Lipinski definition) is 5. The van der Waals surface area contributed by atoms with Gasteiger partial charge in [0.15, 0.2) is 5.16 Å². The number of thioether (sulfide) groups is 1. The zero-order valence-corrected chi connectivity index (χ0v) is 17.2. The van der Waals surface area contributed by atoms with Gasteiger partial charge in [-0.3, -0.25) is 14.2 Å². The number of benzene rings is 2. The van der Waals surface area contributed by atoms with Crippen molar-refractivity contribution in [3.8, 4) is 0 Å². The first-order valence-electron chi connectivity index (χ1n) is 8.81. The molecule has 29 heavy (non-hydrogen) atoms. The standard InChI is InChI=1S/C20H19ClFN3O3S/c1-28-9-8-25-19(27)15-7-6-14(21)10-17(15)24-20(25)29-12-18(26)23-11-13-4-2-3-5-16(13)22/h2-7,10H,8-9,11-12H2,1H3,(H,23,26). The van der Waals surface area contributed by atoms with Gasteiger partial charge in [-0.05, 0) is 24.3 Å². The topological polar surface area (TPSA) is 73.2 Å². The molecule has 1 N–H and O–H groups in total. The maximum Gasteiger partial charge on any atom is 0.262 e. The van der Waals surface area contributed by atoms with Crippen molar-refractivity contribution in [1.82, 2.24) is 14.9 Å². The summed E-state index contributed by atoms with van der Waals surface area (Å²) in [6.45, 7) is 0.719. The van der Waals surface area contributed by atoms with Crippen LogP contribution in [0.2, 0.25) is 5.02 Å². The summed E-state index contributed by atoms with van der Waals surface area (Å²) in [6.07, 6.45) is 0. The average molecular weight is 436 g/mol. The second-order valence-electron chi connectivity index (χ2n) is 6.16. The minimum absolute atomic E-state index is 0.0277. The third kappa shape index (κ3) is 5.35. The van der Waals surface area contributed by atoms with E-state index < -0.39 is 0 Å². The Kier molecular flexibility index (Phi) is 7.24. The number of aromatic nitrogens is 2. The molecule has 1 heterocycles. The highest BCUT2D eigenvalue weighted by Crippen LogP contribution is 2.20. The van der Waals surface area contributed by atoms with Crippen LogP contribution < -0.4 is 10.9 Å². The van der Waals surface area contributed by atoms with Crippen LogP contribution in [-0.4, -0.2) is 34.9 Å². The van der Waals surface area contributed by atoms with Crippen LogP contribution in [0.3, 0.4) is 0 Å². The van der Waals surface area contributed by atoms with Crippen molar-refractivity contribution in [2.45, 2.75) is 18.2 Å². The number of ether oxygens (including phenoxy) is 1. The molecule has 3 rings (SSSR count). The van der Waals surface area contributed by atoms with Crippen molar-refractivity contribution in [2.24, 2.45) is 0 Å². The molecule has 0 saturated heterocycles. The lowest BCUT2D eigenvalue weighted by molar-refractivity contribution is -0.118. The molecule has 0 fully saturated rings. The lowest BCUT2D eigenvalue weighted by Crippen LogP contribution is -2.28. The van der Waals surface area contributed by atoms with E-state index in [1.54, 1.807) is 43.5 Å². The Bertz CT molecular complexity index is 1090. The van der Waals surface area contributed by atoms with Crippen molar-refractivity contribution in [2.75, 3.05) is 19.5 Å². The van der Waals surface area contributed by atoms with Gasteiger partial charge in [0.2, 0.25) is 5.91 Å². The van der Waals surface area contributed by atoms with E-state index in [4.69, 9.17) is 16.3 Å². The van der Waals surface area contributed by atoms with Gasteiger partial charge >= 0.3 is 0 Å². The highest BCUT2D eigenvalue weighted by Gasteiger charge is 2.14. The predicted molar refractivity (Wildman–Crippen MR) is 112 cm³/mol. The SMILES string of the molecule is COCCn1c(SCC(=O)NCc2ccccc2F)nc2cc(Cl)ccc2c1=O. The van der Waals surface area contributed by atoms with Crippen LogP contribution in [0.5, 0.6) is 0 Å². The minimum atomic E-state index is -0.373. The molecule has 2 aromatic carbocycles. The van der Waals surface area contributed by atoms with Crippen molar-refractivity contribution in [3.63, 3.8) is 0 Å². The monoisotopic (exact) mass is 435 g/mol. The number of carbonyl (C=O) groups excluding carboxylic acids is 1. The Hall–Kier alpha value is -2.42. The fraction of sp³-hybridized carbons (Fsp3) is 0.250. The lowest BCUT2D eigenvalue weighted by atomic mass is 10.2. The third-order valence-corrected chi connectivity index (χ3v) is 5.38. The van der Waals surface area contributed by atoms with Crippen molar-refractivity contribution < 1.29 is 13.9 Å². The molecular weight excluding hydrogens is 417 g/mol. The number of halogens is 2. The van der Waals surface area contributed by atoms with Gasteiger partial charge in [0.1, 0.15) is 5.82 Å². The molecule has 0 aliphatic rings. The molecule has 9 heteroatoms. The molecule has 152 valence electrons. The Morgan fingerprint density at radius 1 is 1.31 bits per heavy atom. The van der Waals surface area contributed by atoms with Gasteiger partial charge in [-0.15, -0.1) is 0 Å². The number of carbonyl (C=O) groups is 1. The van der Waals surface area contributed by atoms with E-state index in [9.17, 15) is 14.0 Å². The normalized spacial score (nSPS) is 11.0. The second-order valence-corrected chi connectivity index (χ2v) is 7.54. The van der Waals surface area contributed by atoms with Crippen LogP contribution in [0, 0.1) is 5.82 Å². The summed E-state index contributed by atoms with van der Waals surface area (Å²) in [7, 11) is 1.54. The summed E-state index contributed by atoms with van der Waals surface area (Å²) in [5.41, 5.74) is 0.643. The fourth-order valence-electron chi connectivity index (χ4n) is 2.68. The fourth-order valence-corrected chi connectivity index (χ4v) is 3.70. The summed E-state index contributed by atoms with van der Waals surface area (Å²) >= 11 is 7.14. The molecule has 0 bridgehead atoms.